The fraction of sp³-hybridized carbons (Fsp3) is 0.125. The molecule has 3 rings (SSSR count). The van der Waals surface area contributed by atoms with Crippen LogP contribution in [0.5, 0.6) is 17.2 Å². The van der Waals surface area contributed by atoms with E-state index in [-0.39, 0.29) is 23.6 Å². The summed E-state index contributed by atoms with van der Waals surface area (Å²) in [6.45, 7) is 0.0185. The number of nitrogens with one attached hydrogen (secondary N) is 1. The van der Waals surface area contributed by atoms with Gasteiger partial charge in [-0.1, -0.05) is 12.1 Å². The van der Waals surface area contributed by atoms with Crippen molar-refractivity contribution in [2.24, 2.45) is 5.10 Å². The van der Waals surface area contributed by atoms with E-state index in [9.17, 15) is 20.0 Å². The lowest BCUT2D eigenvalue weighted by Crippen LogP contribution is -2.42. The molecule has 1 unspecified atom stereocenters. The van der Waals surface area contributed by atoms with E-state index in [1.807, 2.05) is 0 Å². The van der Waals surface area contributed by atoms with Gasteiger partial charge in [0.2, 0.25) is 6.10 Å². The first-order chi connectivity index (χ1) is 12.0. The molecule has 2 aromatic rings. The van der Waals surface area contributed by atoms with Crippen LogP contribution >= 0.6 is 0 Å². The lowest BCUT2D eigenvalue weighted by Gasteiger charge is -2.24. The van der Waals surface area contributed by atoms with Gasteiger partial charge in [-0.15, -0.1) is 0 Å². The van der Waals surface area contributed by atoms with Crippen LogP contribution in [0.3, 0.4) is 0 Å². The van der Waals surface area contributed by atoms with E-state index in [2.05, 4.69) is 10.5 Å². The minimum absolute atomic E-state index is 0.0185. The highest BCUT2D eigenvalue weighted by atomic mass is 16.6. The van der Waals surface area contributed by atoms with Crippen molar-refractivity contribution in [3.05, 3.63) is 58.1 Å². The predicted molar refractivity (Wildman–Crippen MR) is 86.9 cm³/mol. The van der Waals surface area contributed by atoms with Crippen molar-refractivity contribution in [1.82, 2.24) is 5.43 Å². The quantitative estimate of drug-likeness (QED) is 0.494. The highest BCUT2D eigenvalue weighted by Crippen LogP contribution is 2.30. The Hall–Kier alpha value is -3.62. The van der Waals surface area contributed by atoms with Crippen molar-refractivity contribution < 1.29 is 24.3 Å². The Kier molecular flexibility index (Phi) is 4.46. The molecule has 0 aliphatic carbocycles. The first-order valence-corrected chi connectivity index (χ1v) is 7.23. The first kappa shape index (κ1) is 16.2. The molecule has 1 atom stereocenters. The smallest absolute Gasteiger partial charge is 0.284 e. The Morgan fingerprint density at radius 2 is 2.08 bits per heavy atom. The highest BCUT2D eigenvalue weighted by Gasteiger charge is 2.27. The molecule has 0 saturated carbocycles. The van der Waals surface area contributed by atoms with Gasteiger partial charge in [0.1, 0.15) is 12.4 Å². The molecule has 1 aliphatic rings. The number of phenols is 1. The largest absolute Gasteiger partial charge is 0.508 e. The van der Waals surface area contributed by atoms with Crippen LogP contribution < -0.4 is 14.9 Å². The second-order valence-electron chi connectivity index (χ2n) is 5.10. The maximum atomic E-state index is 12.1. The summed E-state index contributed by atoms with van der Waals surface area (Å²) in [5.41, 5.74) is 2.04. The van der Waals surface area contributed by atoms with Crippen LogP contribution in [0.1, 0.15) is 5.56 Å². The van der Waals surface area contributed by atoms with Crippen molar-refractivity contribution >= 4 is 17.8 Å². The van der Waals surface area contributed by atoms with Gasteiger partial charge in [0.25, 0.3) is 11.6 Å². The van der Waals surface area contributed by atoms with Gasteiger partial charge >= 0.3 is 0 Å². The standard InChI is InChI=1S/C16H13N3O6/c20-11-5-6-12(19(22)23)10(7-11)8-17-18-16(21)15-9-24-13-3-1-2-4-14(13)25-15/h1-8,15,20H,9H2,(H,18,21)/b17-8+. The van der Waals surface area contributed by atoms with Crippen molar-refractivity contribution in [3.63, 3.8) is 0 Å². The summed E-state index contributed by atoms with van der Waals surface area (Å²) in [7, 11) is 0. The van der Waals surface area contributed by atoms with Crippen molar-refractivity contribution in [3.8, 4) is 17.2 Å². The third kappa shape index (κ3) is 3.66. The predicted octanol–water partition coefficient (Wildman–Crippen LogP) is 1.59. The number of carbonyl (C=O) groups is 1. The molecule has 0 spiro atoms. The fourth-order valence-electron chi connectivity index (χ4n) is 2.20. The Morgan fingerprint density at radius 3 is 2.84 bits per heavy atom. The summed E-state index contributed by atoms with van der Waals surface area (Å²) in [6.07, 6.45) is 0.180. The maximum Gasteiger partial charge on any atom is 0.284 e. The van der Waals surface area contributed by atoms with E-state index < -0.39 is 16.9 Å². The third-order valence-electron chi connectivity index (χ3n) is 3.39. The second-order valence-corrected chi connectivity index (χ2v) is 5.10. The number of para-hydroxylation sites is 2. The number of benzene rings is 2. The van der Waals surface area contributed by atoms with Gasteiger partial charge in [0.15, 0.2) is 11.5 Å². The normalized spacial score (nSPS) is 15.8. The average Bonchev–Trinajstić information content (AvgIpc) is 2.61. The number of phenolic OH excluding ortho intramolecular Hbond substituents is 1. The molecule has 9 nitrogen and oxygen atoms in total. The van der Waals surface area contributed by atoms with Crippen LogP contribution in [0.4, 0.5) is 5.69 Å². The van der Waals surface area contributed by atoms with E-state index in [4.69, 9.17) is 9.47 Å². The van der Waals surface area contributed by atoms with Crippen molar-refractivity contribution in [2.75, 3.05) is 6.61 Å². The number of carbonyl (C=O) groups excluding carboxylic acids is 1. The number of aromatic hydroxyl groups is 1. The Balaban J connectivity index is 1.66. The topological polar surface area (TPSA) is 123 Å². The Morgan fingerprint density at radius 1 is 1.32 bits per heavy atom. The molecule has 0 bridgehead atoms. The van der Waals surface area contributed by atoms with Gasteiger partial charge in [0.05, 0.1) is 16.7 Å². The molecule has 9 heteroatoms. The fourth-order valence-corrected chi connectivity index (χ4v) is 2.20. The molecule has 25 heavy (non-hydrogen) atoms. The third-order valence-corrected chi connectivity index (χ3v) is 3.39. The molecule has 128 valence electrons. The molecular weight excluding hydrogens is 330 g/mol. The molecule has 2 aromatic carbocycles. The molecule has 0 radical (unpaired) electrons. The van der Waals surface area contributed by atoms with Crippen molar-refractivity contribution in [2.45, 2.75) is 6.10 Å². The second kappa shape index (κ2) is 6.87. The lowest BCUT2D eigenvalue weighted by molar-refractivity contribution is -0.385. The van der Waals surface area contributed by atoms with Gasteiger partial charge in [0, 0.05) is 6.07 Å². The summed E-state index contributed by atoms with van der Waals surface area (Å²) in [5.74, 6) is 0.277. The van der Waals surface area contributed by atoms with Gasteiger partial charge in [-0.05, 0) is 24.3 Å². The molecule has 2 N–H and O–H groups in total. The number of ether oxygens (including phenoxy) is 2. The zero-order chi connectivity index (χ0) is 17.8. The van der Waals surface area contributed by atoms with E-state index in [0.717, 1.165) is 12.3 Å². The summed E-state index contributed by atoms with van der Waals surface area (Å²) in [5, 5.41) is 24.0. The van der Waals surface area contributed by atoms with E-state index in [0.29, 0.717) is 11.5 Å². The zero-order valence-electron chi connectivity index (χ0n) is 12.8. The number of hydrogen-bond donors (Lipinski definition) is 2. The first-order valence-electron chi connectivity index (χ1n) is 7.23. The number of hydrazone groups is 1. The van der Waals surface area contributed by atoms with E-state index in [1.54, 1.807) is 24.3 Å². The molecule has 0 saturated heterocycles. The minimum atomic E-state index is -0.897. The monoisotopic (exact) mass is 343 g/mol. The van der Waals surface area contributed by atoms with Crippen LogP contribution in [-0.4, -0.2) is 34.9 Å². The van der Waals surface area contributed by atoms with Crippen LogP contribution in [0.15, 0.2) is 47.6 Å². The Labute approximate surface area is 141 Å². The number of amides is 1. The average molecular weight is 343 g/mol. The van der Waals surface area contributed by atoms with Gasteiger partial charge in [-0.25, -0.2) is 5.43 Å². The molecule has 1 aliphatic heterocycles. The number of nitro groups is 1. The molecule has 1 heterocycles. The summed E-state index contributed by atoms with van der Waals surface area (Å²) in [4.78, 5) is 22.4. The molecule has 1 amide bonds. The molecular formula is C16H13N3O6. The molecule has 0 fully saturated rings. The van der Waals surface area contributed by atoms with Crippen LogP contribution in [0.25, 0.3) is 0 Å². The van der Waals surface area contributed by atoms with Gasteiger partial charge < -0.3 is 14.6 Å². The molecule has 0 aromatic heterocycles. The van der Waals surface area contributed by atoms with E-state index >= 15 is 0 Å². The number of hydrogen-bond acceptors (Lipinski definition) is 7. The van der Waals surface area contributed by atoms with Gasteiger partial charge in [-0.3, -0.25) is 14.9 Å². The summed E-state index contributed by atoms with van der Waals surface area (Å²) < 4.78 is 10.9. The number of fused-ring (bicyclic) bond motifs is 1. The van der Waals surface area contributed by atoms with Crippen molar-refractivity contribution in [1.29, 1.82) is 0 Å². The SMILES string of the molecule is O=C(N/N=C/c1cc(O)ccc1[N+](=O)[O-])C1COc2ccccc2O1. The number of nitrogens with zero attached hydrogens (tertiary/aromatic N) is 2. The number of nitro benzene ring substituents is 1. The summed E-state index contributed by atoms with van der Waals surface area (Å²) in [6, 6.07) is 10.4. The minimum Gasteiger partial charge on any atom is -0.508 e. The zero-order valence-corrected chi connectivity index (χ0v) is 12.8. The van der Waals surface area contributed by atoms with Gasteiger partial charge in [-0.2, -0.15) is 5.10 Å². The number of rotatable bonds is 4. The maximum absolute atomic E-state index is 12.1. The lowest BCUT2D eigenvalue weighted by atomic mass is 10.2. The Bertz CT molecular complexity index is 852. The van der Waals surface area contributed by atoms with Crippen LogP contribution in [0, 0.1) is 10.1 Å². The highest BCUT2D eigenvalue weighted by molar-refractivity contribution is 5.88. The van der Waals surface area contributed by atoms with Crippen LogP contribution in [-0.2, 0) is 4.79 Å². The van der Waals surface area contributed by atoms with Crippen LogP contribution in [0.2, 0.25) is 0 Å². The summed E-state index contributed by atoms with van der Waals surface area (Å²) >= 11 is 0. The van der Waals surface area contributed by atoms with E-state index in [1.165, 1.54) is 12.1 Å².